The van der Waals surface area contributed by atoms with Crippen LogP contribution in [0.1, 0.15) is 15.9 Å². The average Bonchev–Trinajstić information content (AvgIpc) is 3.10. The molecule has 3 N–H and O–H groups in total. The zero-order chi connectivity index (χ0) is 19.2. The van der Waals surface area contributed by atoms with Crippen molar-refractivity contribution in [3.05, 3.63) is 53.7 Å². The van der Waals surface area contributed by atoms with Gasteiger partial charge in [-0.3, -0.25) is 4.79 Å². The molecule has 2 heterocycles. The Morgan fingerprint density at radius 3 is 2.56 bits per heavy atom. The first-order valence-electron chi connectivity index (χ1n) is 8.29. The van der Waals surface area contributed by atoms with Crippen LogP contribution in [0.3, 0.4) is 0 Å². The smallest absolute Gasteiger partial charge is 0.259 e. The number of aromatic nitrogens is 2. The number of nitrogen functional groups attached to an aromatic ring is 1. The molecule has 0 unspecified atom stereocenters. The second kappa shape index (κ2) is 8.22. The van der Waals surface area contributed by atoms with E-state index in [-0.39, 0.29) is 17.4 Å². The molecule has 1 amide bonds. The second-order valence-electron chi connectivity index (χ2n) is 5.71. The fraction of sp³-hybridized carbons (Fsp3) is 0.211. The summed E-state index contributed by atoms with van der Waals surface area (Å²) in [6.45, 7) is 0.441. The number of nitrogens with two attached hydrogens (primary N) is 1. The molecule has 1 aromatic carbocycles. The van der Waals surface area contributed by atoms with Crippen LogP contribution in [0.4, 0.5) is 5.88 Å². The lowest BCUT2D eigenvalue weighted by atomic mass is 10.1. The number of nitrogens with one attached hydrogen (secondary N) is 1. The van der Waals surface area contributed by atoms with E-state index in [4.69, 9.17) is 19.7 Å². The molecule has 8 heteroatoms. The number of hydrogen-bond donors (Lipinski definition) is 2. The molecule has 0 aliphatic carbocycles. The van der Waals surface area contributed by atoms with Crippen LogP contribution in [0.25, 0.3) is 11.3 Å². The highest BCUT2D eigenvalue weighted by Gasteiger charge is 2.22. The van der Waals surface area contributed by atoms with Crippen LogP contribution in [0.2, 0.25) is 0 Å². The van der Waals surface area contributed by atoms with Crippen LogP contribution in [0.15, 0.2) is 47.1 Å². The molecule has 3 aromatic rings. The highest BCUT2D eigenvalue weighted by atomic mass is 16.5. The van der Waals surface area contributed by atoms with E-state index >= 15 is 0 Å². The Morgan fingerprint density at radius 1 is 1.15 bits per heavy atom. The van der Waals surface area contributed by atoms with Gasteiger partial charge in [0.15, 0.2) is 0 Å². The molecule has 2 aromatic heterocycles. The summed E-state index contributed by atoms with van der Waals surface area (Å²) in [5.41, 5.74) is 8.02. The second-order valence-corrected chi connectivity index (χ2v) is 5.71. The Morgan fingerprint density at radius 2 is 1.93 bits per heavy atom. The van der Waals surface area contributed by atoms with E-state index in [0.29, 0.717) is 30.1 Å². The zero-order valence-corrected chi connectivity index (χ0v) is 15.1. The number of methoxy groups -OCH3 is 2. The van der Waals surface area contributed by atoms with Crippen LogP contribution in [-0.2, 0) is 6.42 Å². The third-order valence-corrected chi connectivity index (χ3v) is 4.02. The average molecular weight is 368 g/mol. The summed E-state index contributed by atoms with van der Waals surface area (Å²) >= 11 is 0. The van der Waals surface area contributed by atoms with E-state index in [1.165, 1.54) is 7.11 Å². The molecule has 0 aliphatic heterocycles. The molecule has 8 nitrogen and oxygen atoms in total. The van der Waals surface area contributed by atoms with Crippen molar-refractivity contribution < 1.29 is 18.8 Å². The van der Waals surface area contributed by atoms with E-state index in [1.807, 2.05) is 24.3 Å². The van der Waals surface area contributed by atoms with Crippen molar-refractivity contribution in [1.82, 2.24) is 15.5 Å². The van der Waals surface area contributed by atoms with Crippen molar-refractivity contribution >= 4 is 11.8 Å². The Balaban J connectivity index is 1.68. The van der Waals surface area contributed by atoms with Gasteiger partial charge < -0.3 is 25.0 Å². The summed E-state index contributed by atoms with van der Waals surface area (Å²) in [6.07, 6.45) is 2.21. The molecule has 0 saturated carbocycles. The molecule has 0 radical (unpaired) electrons. The maximum Gasteiger partial charge on any atom is 0.259 e. The van der Waals surface area contributed by atoms with Gasteiger partial charge in [0.05, 0.1) is 14.2 Å². The number of amides is 1. The number of rotatable bonds is 7. The SMILES string of the molecule is COc1ccc(CCNC(=O)c2c(-c3ccc(OC)nc3)noc2N)cc1. The Hall–Kier alpha value is -3.55. The normalized spacial score (nSPS) is 10.4. The van der Waals surface area contributed by atoms with Crippen LogP contribution in [0, 0.1) is 0 Å². The van der Waals surface area contributed by atoms with E-state index in [2.05, 4.69) is 15.5 Å². The molecule has 27 heavy (non-hydrogen) atoms. The van der Waals surface area contributed by atoms with Crippen LogP contribution >= 0.6 is 0 Å². The number of nitrogens with zero attached hydrogens (tertiary/aromatic N) is 2. The number of hydrogen-bond acceptors (Lipinski definition) is 7. The lowest BCUT2D eigenvalue weighted by Gasteiger charge is -2.07. The fourth-order valence-electron chi connectivity index (χ4n) is 2.56. The third-order valence-electron chi connectivity index (χ3n) is 4.02. The molecule has 0 saturated heterocycles. The standard InChI is InChI=1S/C19H20N4O4/c1-25-14-6-3-12(4-7-14)9-10-21-19(24)16-17(23-27-18(16)20)13-5-8-15(26-2)22-11-13/h3-8,11H,9-10,20H2,1-2H3,(H,21,24). The molecule has 0 aliphatic rings. The van der Waals surface area contributed by atoms with E-state index in [0.717, 1.165) is 11.3 Å². The quantitative estimate of drug-likeness (QED) is 0.658. The third kappa shape index (κ3) is 4.17. The summed E-state index contributed by atoms with van der Waals surface area (Å²) in [5.74, 6) is 0.856. The number of carbonyl (C=O) groups excluding carboxylic acids is 1. The van der Waals surface area contributed by atoms with Gasteiger partial charge in [0.25, 0.3) is 5.91 Å². The first kappa shape index (κ1) is 18.2. The first-order chi connectivity index (χ1) is 13.1. The Labute approximate surface area is 156 Å². The van der Waals surface area contributed by atoms with Gasteiger partial charge in [-0.2, -0.15) is 0 Å². The van der Waals surface area contributed by atoms with Crippen molar-refractivity contribution in [2.24, 2.45) is 0 Å². The molecule has 0 atom stereocenters. The summed E-state index contributed by atoms with van der Waals surface area (Å²) in [4.78, 5) is 16.7. The van der Waals surface area contributed by atoms with Crippen molar-refractivity contribution in [3.8, 4) is 22.9 Å². The molecule has 0 spiro atoms. The van der Waals surface area contributed by atoms with E-state index < -0.39 is 0 Å². The first-order valence-corrected chi connectivity index (χ1v) is 8.29. The minimum Gasteiger partial charge on any atom is -0.497 e. The lowest BCUT2D eigenvalue weighted by molar-refractivity contribution is 0.0955. The topological polar surface area (TPSA) is 112 Å². The van der Waals surface area contributed by atoms with Gasteiger partial charge in [-0.25, -0.2) is 4.98 Å². The van der Waals surface area contributed by atoms with Gasteiger partial charge in [0.1, 0.15) is 17.0 Å². The number of pyridine rings is 1. The minimum absolute atomic E-state index is 0.0391. The number of carbonyl (C=O) groups is 1. The van der Waals surface area contributed by atoms with Gasteiger partial charge >= 0.3 is 0 Å². The van der Waals surface area contributed by atoms with E-state index in [9.17, 15) is 4.79 Å². The van der Waals surface area contributed by atoms with Gasteiger partial charge in [-0.15, -0.1) is 0 Å². The molecule has 0 bridgehead atoms. The van der Waals surface area contributed by atoms with Gasteiger partial charge in [-0.1, -0.05) is 17.3 Å². The van der Waals surface area contributed by atoms with Gasteiger partial charge in [0.2, 0.25) is 11.8 Å². The highest BCUT2D eigenvalue weighted by Crippen LogP contribution is 2.27. The number of anilines is 1. The number of ether oxygens (including phenoxy) is 2. The summed E-state index contributed by atoms with van der Waals surface area (Å²) in [5, 5.41) is 6.73. The lowest BCUT2D eigenvalue weighted by Crippen LogP contribution is -2.26. The van der Waals surface area contributed by atoms with Crippen molar-refractivity contribution in [2.45, 2.75) is 6.42 Å². The van der Waals surface area contributed by atoms with Crippen LogP contribution in [-0.4, -0.2) is 36.8 Å². The fourth-order valence-corrected chi connectivity index (χ4v) is 2.56. The maximum atomic E-state index is 12.6. The van der Waals surface area contributed by atoms with Gasteiger partial charge in [-0.05, 0) is 30.2 Å². The summed E-state index contributed by atoms with van der Waals surface area (Å²) in [7, 11) is 3.15. The van der Waals surface area contributed by atoms with E-state index in [1.54, 1.807) is 25.4 Å². The largest absolute Gasteiger partial charge is 0.497 e. The van der Waals surface area contributed by atoms with Crippen molar-refractivity contribution in [1.29, 1.82) is 0 Å². The monoisotopic (exact) mass is 368 g/mol. The molecule has 0 fully saturated rings. The molecule has 140 valence electrons. The highest BCUT2D eigenvalue weighted by molar-refractivity contribution is 6.03. The Kier molecular flexibility index (Phi) is 5.55. The van der Waals surface area contributed by atoms with Gasteiger partial charge in [0, 0.05) is 24.4 Å². The predicted molar refractivity (Wildman–Crippen MR) is 99.7 cm³/mol. The van der Waals surface area contributed by atoms with Crippen LogP contribution in [0.5, 0.6) is 11.6 Å². The summed E-state index contributed by atoms with van der Waals surface area (Å²) in [6, 6.07) is 11.1. The van der Waals surface area contributed by atoms with Crippen LogP contribution < -0.4 is 20.5 Å². The maximum absolute atomic E-state index is 12.6. The Bertz CT molecular complexity index is 904. The minimum atomic E-state index is -0.354. The van der Waals surface area contributed by atoms with Crippen molar-refractivity contribution in [2.75, 3.05) is 26.5 Å². The van der Waals surface area contributed by atoms with Crippen molar-refractivity contribution in [3.63, 3.8) is 0 Å². The summed E-state index contributed by atoms with van der Waals surface area (Å²) < 4.78 is 15.2. The predicted octanol–water partition coefficient (Wildman–Crippen LogP) is 2.31. The zero-order valence-electron chi connectivity index (χ0n) is 15.1. The molecule has 3 rings (SSSR count). The molecular weight excluding hydrogens is 348 g/mol. The number of benzene rings is 1. The molecular formula is C19H20N4O4.